The maximum absolute atomic E-state index is 12.3. The number of hydrogen-bond acceptors (Lipinski definition) is 6. The number of amides is 1. The average molecular weight is 403 g/mol. The summed E-state index contributed by atoms with van der Waals surface area (Å²) in [5.41, 5.74) is 3.36. The molecule has 2 aromatic carbocycles. The van der Waals surface area contributed by atoms with Crippen molar-refractivity contribution in [3.05, 3.63) is 46.5 Å². The third kappa shape index (κ3) is 5.32. The van der Waals surface area contributed by atoms with Gasteiger partial charge in [-0.05, 0) is 29.8 Å². The molecule has 8 heteroatoms. The summed E-state index contributed by atoms with van der Waals surface area (Å²) in [5, 5.41) is 4.25. The standard InChI is InChI=1S/C20H19ClN2O5/c1-5-6-28-19-17(21)7-13(8-18(19)27-4)12-22-23-20(24)14-9-15(25-2)11-16(10-14)26-3/h1,7-12H,6H2,2-4H3,(H,23,24). The van der Waals surface area contributed by atoms with E-state index in [2.05, 4.69) is 16.4 Å². The van der Waals surface area contributed by atoms with Crippen LogP contribution in [-0.4, -0.2) is 40.1 Å². The van der Waals surface area contributed by atoms with Crippen LogP contribution in [0.25, 0.3) is 0 Å². The molecule has 0 spiro atoms. The van der Waals surface area contributed by atoms with Gasteiger partial charge < -0.3 is 18.9 Å². The second-order valence-corrected chi connectivity index (χ2v) is 5.73. The van der Waals surface area contributed by atoms with Crippen LogP contribution in [-0.2, 0) is 0 Å². The number of ether oxygens (including phenoxy) is 4. The molecule has 2 rings (SSSR count). The number of nitrogens with one attached hydrogen (secondary N) is 1. The van der Waals surface area contributed by atoms with Gasteiger partial charge in [-0.3, -0.25) is 4.79 Å². The third-order valence-corrected chi connectivity index (χ3v) is 3.83. The number of methoxy groups -OCH3 is 3. The number of hydrazone groups is 1. The Kier molecular flexibility index (Phi) is 7.55. The van der Waals surface area contributed by atoms with Gasteiger partial charge in [0.05, 0.1) is 32.6 Å². The Hall–Kier alpha value is -3.37. The van der Waals surface area contributed by atoms with Crippen molar-refractivity contribution in [2.45, 2.75) is 0 Å². The molecule has 28 heavy (non-hydrogen) atoms. The average Bonchev–Trinajstić information content (AvgIpc) is 2.71. The highest BCUT2D eigenvalue weighted by atomic mass is 35.5. The quantitative estimate of drug-likeness (QED) is 0.417. The fraction of sp³-hybridized carbons (Fsp3) is 0.200. The largest absolute Gasteiger partial charge is 0.497 e. The van der Waals surface area contributed by atoms with Gasteiger partial charge in [-0.25, -0.2) is 5.43 Å². The van der Waals surface area contributed by atoms with Crippen LogP contribution < -0.4 is 24.4 Å². The van der Waals surface area contributed by atoms with Gasteiger partial charge in [0.25, 0.3) is 5.91 Å². The van der Waals surface area contributed by atoms with Crippen molar-refractivity contribution in [2.24, 2.45) is 5.10 Å². The molecule has 0 aliphatic carbocycles. The Balaban J connectivity index is 2.15. The summed E-state index contributed by atoms with van der Waals surface area (Å²) < 4.78 is 20.9. The van der Waals surface area contributed by atoms with Gasteiger partial charge >= 0.3 is 0 Å². The van der Waals surface area contributed by atoms with Crippen molar-refractivity contribution in [1.29, 1.82) is 0 Å². The first-order valence-corrected chi connectivity index (χ1v) is 8.40. The number of carbonyl (C=O) groups excluding carboxylic acids is 1. The van der Waals surface area contributed by atoms with Crippen molar-refractivity contribution in [1.82, 2.24) is 5.43 Å². The Morgan fingerprint density at radius 3 is 2.39 bits per heavy atom. The molecule has 0 atom stereocenters. The monoisotopic (exact) mass is 402 g/mol. The van der Waals surface area contributed by atoms with Gasteiger partial charge in [0, 0.05) is 11.6 Å². The van der Waals surface area contributed by atoms with E-state index < -0.39 is 5.91 Å². The van der Waals surface area contributed by atoms with E-state index in [9.17, 15) is 4.79 Å². The summed E-state index contributed by atoms with van der Waals surface area (Å²) in [7, 11) is 4.48. The zero-order valence-corrected chi connectivity index (χ0v) is 16.4. The van der Waals surface area contributed by atoms with Crippen molar-refractivity contribution in [3.63, 3.8) is 0 Å². The molecule has 2 aromatic rings. The summed E-state index contributed by atoms with van der Waals surface area (Å²) in [6.45, 7) is 0.0591. The van der Waals surface area contributed by atoms with Gasteiger partial charge in [-0.15, -0.1) is 6.42 Å². The first-order chi connectivity index (χ1) is 13.5. The van der Waals surface area contributed by atoms with E-state index in [1.54, 1.807) is 30.3 Å². The summed E-state index contributed by atoms with van der Waals surface area (Å²) in [6.07, 6.45) is 6.62. The molecule has 7 nitrogen and oxygen atoms in total. The number of benzene rings is 2. The minimum atomic E-state index is -0.430. The van der Waals surface area contributed by atoms with Gasteiger partial charge in [0.1, 0.15) is 18.1 Å². The first-order valence-electron chi connectivity index (χ1n) is 8.02. The molecule has 0 saturated heterocycles. The van der Waals surface area contributed by atoms with E-state index in [4.69, 9.17) is 37.0 Å². The van der Waals surface area contributed by atoms with Gasteiger partial charge in [0.15, 0.2) is 11.5 Å². The van der Waals surface area contributed by atoms with Crippen molar-refractivity contribution in [2.75, 3.05) is 27.9 Å². The highest BCUT2D eigenvalue weighted by Gasteiger charge is 2.12. The molecule has 0 fully saturated rings. The summed E-state index contributed by atoms with van der Waals surface area (Å²) in [6, 6.07) is 8.08. The molecule has 0 radical (unpaired) electrons. The maximum atomic E-state index is 12.3. The second kappa shape index (κ2) is 10.1. The number of terminal acetylenes is 1. The fourth-order valence-electron chi connectivity index (χ4n) is 2.24. The van der Waals surface area contributed by atoms with Crippen LogP contribution in [0.15, 0.2) is 35.4 Å². The Bertz CT molecular complexity index is 899. The highest BCUT2D eigenvalue weighted by Crippen LogP contribution is 2.36. The Morgan fingerprint density at radius 2 is 1.82 bits per heavy atom. The zero-order chi connectivity index (χ0) is 20.5. The normalized spacial score (nSPS) is 10.2. The van der Waals surface area contributed by atoms with E-state index in [1.807, 2.05) is 0 Å². The van der Waals surface area contributed by atoms with Crippen LogP contribution in [0.1, 0.15) is 15.9 Å². The summed E-state index contributed by atoms with van der Waals surface area (Å²) in [4.78, 5) is 12.3. The third-order valence-electron chi connectivity index (χ3n) is 3.54. The Morgan fingerprint density at radius 1 is 1.14 bits per heavy atom. The second-order valence-electron chi connectivity index (χ2n) is 5.33. The smallest absolute Gasteiger partial charge is 0.271 e. The molecule has 0 aliphatic rings. The molecule has 0 unspecified atom stereocenters. The predicted molar refractivity (Wildman–Crippen MR) is 107 cm³/mol. The number of rotatable bonds is 8. The molecule has 1 N–H and O–H groups in total. The summed E-state index contributed by atoms with van der Waals surface area (Å²) >= 11 is 6.20. The summed E-state index contributed by atoms with van der Waals surface area (Å²) in [5.74, 6) is 3.65. The van der Waals surface area contributed by atoms with E-state index in [-0.39, 0.29) is 6.61 Å². The molecule has 0 aromatic heterocycles. The molecule has 0 bridgehead atoms. The predicted octanol–water partition coefficient (Wildman–Crippen LogP) is 3.14. The van der Waals surface area contributed by atoms with Crippen LogP contribution in [0.3, 0.4) is 0 Å². The van der Waals surface area contributed by atoms with Crippen molar-refractivity contribution < 1.29 is 23.7 Å². The minimum Gasteiger partial charge on any atom is -0.497 e. The number of nitrogens with zero attached hydrogens (tertiary/aromatic N) is 1. The van der Waals surface area contributed by atoms with Crippen LogP contribution >= 0.6 is 11.6 Å². The fourth-order valence-corrected chi connectivity index (χ4v) is 2.51. The minimum absolute atomic E-state index is 0.0591. The molecule has 0 heterocycles. The number of halogens is 1. The van der Waals surface area contributed by atoms with Gasteiger partial charge in [-0.2, -0.15) is 5.10 Å². The van der Waals surface area contributed by atoms with Crippen molar-refractivity contribution >= 4 is 23.7 Å². The van der Waals surface area contributed by atoms with Crippen LogP contribution in [0.5, 0.6) is 23.0 Å². The van der Waals surface area contributed by atoms with Crippen molar-refractivity contribution in [3.8, 4) is 35.3 Å². The van der Waals surface area contributed by atoms with Crippen LogP contribution in [0.2, 0.25) is 5.02 Å². The topological polar surface area (TPSA) is 78.4 Å². The SMILES string of the molecule is C#CCOc1c(Cl)cc(C=NNC(=O)c2cc(OC)cc(OC)c2)cc1OC. The molecular formula is C20H19ClN2O5. The maximum Gasteiger partial charge on any atom is 0.271 e. The van der Waals surface area contributed by atoms with E-state index in [0.717, 1.165) is 0 Å². The Labute approximate surface area is 168 Å². The molecule has 146 valence electrons. The van der Waals surface area contributed by atoms with Crippen LogP contribution in [0.4, 0.5) is 0 Å². The lowest BCUT2D eigenvalue weighted by molar-refractivity contribution is 0.0954. The van der Waals surface area contributed by atoms with Gasteiger partial charge in [-0.1, -0.05) is 17.5 Å². The molecular weight excluding hydrogens is 384 g/mol. The van der Waals surface area contributed by atoms with E-state index in [0.29, 0.717) is 39.1 Å². The number of hydrogen-bond donors (Lipinski definition) is 1. The molecule has 0 aliphatic heterocycles. The zero-order valence-electron chi connectivity index (χ0n) is 15.6. The van der Waals surface area contributed by atoms with E-state index in [1.165, 1.54) is 27.5 Å². The van der Waals surface area contributed by atoms with E-state index >= 15 is 0 Å². The lowest BCUT2D eigenvalue weighted by atomic mass is 10.2. The highest BCUT2D eigenvalue weighted by molar-refractivity contribution is 6.32. The molecule has 0 saturated carbocycles. The lowest BCUT2D eigenvalue weighted by Gasteiger charge is -2.11. The van der Waals surface area contributed by atoms with Crippen LogP contribution in [0, 0.1) is 12.3 Å². The molecule has 1 amide bonds. The first kappa shape index (κ1) is 20.9. The van der Waals surface area contributed by atoms with Gasteiger partial charge in [0.2, 0.25) is 0 Å². The number of carbonyl (C=O) groups is 1. The lowest BCUT2D eigenvalue weighted by Crippen LogP contribution is -2.17.